The van der Waals surface area contributed by atoms with E-state index in [1.807, 2.05) is 27.7 Å². The summed E-state index contributed by atoms with van der Waals surface area (Å²) in [5.74, 6) is 0.684. The van der Waals surface area contributed by atoms with Gasteiger partial charge in [0.2, 0.25) is 10.0 Å². The first-order valence-electron chi connectivity index (χ1n) is 7.09. The predicted octanol–water partition coefficient (Wildman–Crippen LogP) is 1.68. The van der Waals surface area contributed by atoms with Gasteiger partial charge < -0.3 is 10.1 Å². The van der Waals surface area contributed by atoms with Gasteiger partial charge >= 0.3 is 0 Å². The van der Waals surface area contributed by atoms with Gasteiger partial charge in [0.1, 0.15) is 5.75 Å². The molecule has 0 amide bonds. The van der Waals surface area contributed by atoms with E-state index in [0.29, 0.717) is 30.3 Å². The molecule has 1 aromatic rings. The number of ether oxygens (including phenoxy) is 1. The SMILES string of the molecule is COc1cc(C)c(S(=O)(=O)N2CCNCC2(C)C)c(C)c1. The second-order valence-corrected chi connectivity index (χ2v) is 7.96. The molecule has 0 aromatic heterocycles. The van der Waals surface area contributed by atoms with Crippen molar-refractivity contribution < 1.29 is 13.2 Å². The number of nitrogens with zero attached hydrogens (tertiary/aromatic N) is 1. The third kappa shape index (κ3) is 2.93. The molecule has 0 spiro atoms. The zero-order valence-electron chi connectivity index (χ0n) is 13.4. The summed E-state index contributed by atoms with van der Waals surface area (Å²) in [6.07, 6.45) is 0. The summed E-state index contributed by atoms with van der Waals surface area (Å²) in [6, 6.07) is 3.55. The van der Waals surface area contributed by atoms with Gasteiger partial charge in [0.25, 0.3) is 0 Å². The smallest absolute Gasteiger partial charge is 0.244 e. The molecule has 2 rings (SSSR count). The Bertz CT molecular complexity index is 615. The third-order valence-electron chi connectivity index (χ3n) is 3.94. The quantitative estimate of drug-likeness (QED) is 0.922. The molecule has 1 heterocycles. The summed E-state index contributed by atoms with van der Waals surface area (Å²) in [4.78, 5) is 0.401. The number of hydrogen-bond acceptors (Lipinski definition) is 4. The molecule has 6 heteroatoms. The highest BCUT2D eigenvalue weighted by Crippen LogP contribution is 2.32. The van der Waals surface area contributed by atoms with Gasteiger partial charge in [-0.25, -0.2) is 8.42 Å². The Balaban J connectivity index is 2.54. The van der Waals surface area contributed by atoms with Gasteiger partial charge in [-0.05, 0) is 51.0 Å². The highest BCUT2D eigenvalue weighted by atomic mass is 32.2. The summed E-state index contributed by atoms with van der Waals surface area (Å²) in [7, 11) is -1.93. The van der Waals surface area contributed by atoms with Crippen molar-refractivity contribution in [3.63, 3.8) is 0 Å². The summed E-state index contributed by atoms with van der Waals surface area (Å²) < 4.78 is 33.0. The van der Waals surface area contributed by atoms with E-state index < -0.39 is 15.6 Å². The van der Waals surface area contributed by atoms with Crippen LogP contribution in [0.5, 0.6) is 5.75 Å². The standard InChI is InChI=1S/C15H24N2O3S/c1-11-8-13(20-5)9-12(2)14(11)21(18,19)17-7-6-16-10-15(17,3)4/h8-9,16H,6-7,10H2,1-5H3. The number of benzene rings is 1. The lowest BCUT2D eigenvalue weighted by Crippen LogP contribution is -2.59. The predicted molar refractivity (Wildman–Crippen MR) is 83.3 cm³/mol. The Morgan fingerprint density at radius 1 is 1.24 bits per heavy atom. The van der Waals surface area contributed by atoms with Crippen LogP contribution in [0.4, 0.5) is 0 Å². The minimum Gasteiger partial charge on any atom is -0.497 e. The first-order valence-corrected chi connectivity index (χ1v) is 8.53. The summed E-state index contributed by atoms with van der Waals surface area (Å²) >= 11 is 0. The molecule has 21 heavy (non-hydrogen) atoms. The fraction of sp³-hybridized carbons (Fsp3) is 0.600. The van der Waals surface area contributed by atoms with Gasteiger partial charge in [0.05, 0.1) is 12.0 Å². The number of methoxy groups -OCH3 is 1. The first kappa shape index (κ1) is 16.3. The number of aryl methyl sites for hydroxylation is 2. The van der Waals surface area contributed by atoms with Gasteiger partial charge in [-0.1, -0.05) is 0 Å². The van der Waals surface area contributed by atoms with Crippen molar-refractivity contribution in [2.24, 2.45) is 0 Å². The van der Waals surface area contributed by atoms with Crippen molar-refractivity contribution in [1.29, 1.82) is 0 Å². The Hall–Kier alpha value is -1.11. The fourth-order valence-corrected chi connectivity index (χ4v) is 5.16. The van der Waals surface area contributed by atoms with E-state index in [1.165, 1.54) is 0 Å². The largest absolute Gasteiger partial charge is 0.497 e. The van der Waals surface area contributed by atoms with E-state index in [0.717, 1.165) is 11.1 Å². The topological polar surface area (TPSA) is 58.6 Å². The van der Waals surface area contributed by atoms with Gasteiger partial charge in [0.15, 0.2) is 0 Å². The van der Waals surface area contributed by atoms with E-state index >= 15 is 0 Å². The van der Waals surface area contributed by atoms with Crippen molar-refractivity contribution in [1.82, 2.24) is 9.62 Å². The van der Waals surface area contributed by atoms with Crippen molar-refractivity contribution in [2.45, 2.75) is 38.1 Å². The molecule has 0 saturated carbocycles. The van der Waals surface area contributed by atoms with Crippen LogP contribution in [0.2, 0.25) is 0 Å². The molecule has 5 nitrogen and oxygen atoms in total. The van der Waals surface area contributed by atoms with E-state index in [-0.39, 0.29) is 0 Å². The van der Waals surface area contributed by atoms with E-state index in [9.17, 15) is 8.42 Å². The second kappa shape index (κ2) is 5.59. The lowest BCUT2D eigenvalue weighted by atomic mass is 10.0. The number of rotatable bonds is 3. The van der Waals surface area contributed by atoms with Crippen LogP contribution in [-0.2, 0) is 10.0 Å². The molecule has 0 atom stereocenters. The molecule has 1 fully saturated rings. The Morgan fingerprint density at radius 2 is 1.81 bits per heavy atom. The van der Waals surface area contributed by atoms with Gasteiger partial charge in [-0.3, -0.25) is 0 Å². The van der Waals surface area contributed by atoms with Crippen molar-refractivity contribution in [2.75, 3.05) is 26.7 Å². The van der Waals surface area contributed by atoms with E-state index in [4.69, 9.17) is 4.74 Å². The maximum atomic E-state index is 13.1. The average Bonchev–Trinajstić information content (AvgIpc) is 2.36. The zero-order valence-corrected chi connectivity index (χ0v) is 14.2. The van der Waals surface area contributed by atoms with Crippen LogP contribution < -0.4 is 10.1 Å². The Kier molecular flexibility index (Phi) is 4.33. The molecular formula is C15H24N2O3S. The van der Waals surface area contributed by atoms with Crippen LogP contribution in [0, 0.1) is 13.8 Å². The molecule has 118 valence electrons. The molecule has 1 N–H and O–H groups in total. The Morgan fingerprint density at radius 3 is 2.29 bits per heavy atom. The number of hydrogen-bond donors (Lipinski definition) is 1. The first-order chi connectivity index (χ1) is 9.70. The third-order valence-corrected chi connectivity index (χ3v) is 6.36. The van der Waals surface area contributed by atoms with Crippen molar-refractivity contribution in [3.05, 3.63) is 23.3 Å². The molecule has 0 aliphatic carbocycles. The molecule has 0 bridgehead atoms. The van der Waals surface area contributed by atoms with Gasteiger partial charge in [0, 0.05) is 25.2 Å². The maximum absolute atomic E-state index is 13.1. The summed E-state index contributed by atoms with van der Waals surface area (Å²) in [5.41, 5.74) is 1.01. The normalized spacial score (nSPS) is 19.5. The fourth-order valence-electron chi connectivity index (χ4n) is 2.96. The summed E-state index contributed by atoms with van der Waals surface area (Å²) in [5, 5.41) is 3.25. The van der Waals surface area contributed by atoms with Gasteiger partial charge in [-0.2, -0.15) is 4.31 Å². The van der Waals surface area contributed by atoms with Crippen LogP contribution >= 0.6 is 0 Å². The number of nitrogens with one attached hydrogen (secondary N) is 1. The zero-order chi connectivity index (χ0) is 15.8. The van der Waals surface area contributed by atoms with Crippen LogP contribution in [0.25, 0.3) is 0 Å². The van der Waals surface area contributed by atoms with Crippen molar-refractivity contribution >= 4 is 10.0 Å². The van der Waals surface area contributed by atoms with Gasteiger partial charge in [-0.15, -0.1) is 0 Å². The summed E-state index contributed by atoms with van der Waals surface area (Å²) in [6.45, 7) is 9.35. The minimum absolute atomic E-state index is 0.401. The Labute approximate surface area is 127 Å². The molecule has 1 aliphatic rings. The number of sulfonamides is 1. The average molecular weight is 312 g/mol. The van der Waals surface area contributed by atoms with Crippen LogP contribution in [-0.4, -0.2) is 45.0 Å². The van der Waals surface area contributed by atoms with Crippen LogP contribution in [0.3, 0.4) is 0 Å². The lowest BCUT2D eigenvalue weighted by molar-refractivity contribution is 0.186. The minimum atomic E-state index is -3.52. The van der Waals surface area contributed by atoms with E-state index in [1.54, 1.807) is 23.5 Å². The monoisotopic (exact) mass is 312 g/mol. The number of piperazine rings is 1. The highest BCUT2D eigenvalue weighted by molar-refractivity contribution is 7.89. The second-order valence-electron chi connectivity index (χ2n) is 6.16. The highest BCUT2D eigenvalue weighted by Gasteiger charge is 2.40. The molecule has 1 aliphatic heterocycles. The lowest BCUT2D eigenvalue weighted by Gasteiger charge is -2.41. The van der Waals surface area contributed by atoms with E-state index in [2.05, 4.69) is 5.32 Å². The van der Waals surface area contributed by atoms with Crippen molar-refractivity contribution in [3.8, 4) is 5.75 Å². The molecular weight excluding hydrogens is 288 g/mol. The molecule has 0 radical (unpaired) electrons. The molecule has 0 unspecified atom stereocenters. The molecule has 1 saturated heterocycles. The molecule has 1 aromatic carbocycles. The van der Waals surface area contributed by atoms with Crippen LogP contribution in [0.15, 0.2) is 17.0 Å². The van der Waals surface area contributed by atoms with Crippen LogP contribution in [0.1, 0.15) is 25.0 Å². The maximum Gasteiger partial charge on any atom is 0.244 e.